The molecule has 0 aromatic heterocycles. The van der Waals surface area contributed by atoms with E-state index < -0.39 is 0 Å². The molecule has 2 heteroatoms. The van der Waals surface area contributed by atoms with Crippen LogP contribution >= 0.6 is 0 Å². The molecule has 0 spiro atoms. The lowest BCUT2D eigenvalue weighted by Crippen LogP contribution is -2.23. The van der Waals surface area contributed by atoms with Crippen LogP contribution in [-0.2, 0) is 11.2 Å². The first-order chi connectivity index (χ1) is 15.6. The fourth-order valence-electron chi connectivity index (χ4n) is 5.20. The summed E-state index contributed by atoms with van der Waals surface area (Å²) in [4.78, 5) is 13.3. The zero-order chi connectivity index (χ0) is 22.3. The van der Waals surface area contributed by atoms with Gasteiger partial charge in [0.2, 0.25) is 0 Å². The van der Waals surface area contributed by atoms with E-state index in [4.69, 9.17) is 0 Å². The van der Waals surface area contributed by atoms with Crippen molar-refractivity contribution in [3.63, 3.8) is 0 Å². The Hall–Kier alpha value is -2.74. The molecule has 0 N–H and O–H groups in total. The molecular formula is C30H33FO. The molecule has 1 aliphatic carbocycles. The molecule has 3 aromatic rings. The fourth-order valence-corrected chi connectivity index (χ4v) is 5.20. The third-order valence-electron chi connectivity index (χ3n) is 7.10. The van der Waals surface area contributed by atoms with E-state index in [1.807, 2.05) is 49.4 Å². The van der Waals surface area contributed by atoms with Crippen LogP contribution < -0.4 is 0 Å². The van der Waals surface area contributed by atoms with Crippen LogP contribution in [0.5, 0.6) is 0 Å². The van der Waals surface area contributed by atoms with E-state index in [2.05, 4.69) is 30.3 Å². The van der Waals surface area contributed by atoms with Crippen LogP contribution in [0.15, 0.2) is 78.9 Å². The Bertz CT molecular complexity index is 1000. The molecule has 32 heavy (non-hydrogen) atoms. The highest BCUT2D eigenvalue weighted by Crippen LogP contribution is 2.33. The van der Waals surface area contributed by atoms with Gasteiger partial charge in [0.05, 0.1) is 0 Å². The van der Waals surface area contributed by atoms with Crippen molar-refractivity contribution in [2.24, 2.45) is 11.8 Å². The quantitative estimate of drug-likeness (QED) is 0.389. The second kappa shape index (κ2) is 10.7. The highest BCUT2D eigenvalue weighted by Gasteiger charge is 2.27. The third kappa shape index (κ3) is 5.54. The van der Waals surface area contributed by atoms with Crippen LogP contribution in [0.25, 0.3) is 11.1 Å². The molecule has 1 fully saturated rings. The molecule has 1 nitrogen and oxygen atoms in total. The van der Waals surface area contributed by atoms with Gasteiger partial charge in [-0.05, 0) is 47.9 Å². The molecule has 1 aliphatic rings. The van der Waals surface area contributed by atoms with Crippen LogP contribution in [0.2, 0.25) is 0 Å². The number of hydrogen-bond acceptors (Lipinski definition) is 1. The lowest BCUT2D eigenvalue weighted by molar-refractivity contribution is -0.124. The number of Topliss-reactive ketones (excluding diaryl/α,β-unsaturated/α-hetero) is 1. The first-order valence-electron chi connectivity index (χ1n) is 12.0. The first kappa shape index (κ1) is 22.5. The number of carbonyl (C=O) groups is 1. The fraction of sp³-hybridized carbons (Fsp3) is 0.367. The van der Waals surface area contributed by atoms with E-state index in [0.717, 1.165) is 43.2 Å². The van der Waals surface area contributed by atoms with Gasteiger partial charge in [-0.1, -0.05) is 105 Å². The van der Waals surface area contributed by atoms with Gasteiger partial charge in [-0.25, -0.2) is 4.39 Å². The van der Waals surface area contributed by atoms with Crippen molar-refractivity contribution < 1.29 is 9.18 Å². The van der Waals surface area contributed by atoms with E-state index in [1.54, 1.807) is 6.07 Å². The van der Waals surface area contributed by atoms with Gasteiger partial charge in [-0.15, -0.1) is 0 Å². The van der Waals surface area contributed by atoms with Crippen molar-refractivity contribution in [2.75, 3.05) is 0 Å². The molecule has 4 rings (SSSR count). The summed E-state index contributed by atoms with van der Waals surface area (Å²) in [6, 6.07) is 25.6. The Kier molecular flexibility index (Phi) is 7.52. The van der Waals surface area contributed by atoms with E-state index >= 15 is 0 Å². The van der Waals surface area contributed by atoms with Gasteiger partial charge in [-0.2, -0.15) is 0 Å². The van der Waals surface area contributed by atoms with Gasteiger partial charge in [-0.3, -0.25) is 4.79 Å². The zero-order valence-electron chi connectivity index (χ0n) is 19.0. The average Bonchev–Trinajstić information content (AvgIpc) is 2.81. The van der Waals surface area contributed by atoms with Gasteiger partial charge in [0.25, 0.3) is 0 Å². The predicted octanol–water partition coefficient (Wildman–Crippen LogP) is 7.99. The monoisotopic (exact) mass is 428 g/mol. The summed E-state index contributed by atoms with van der Waals surface area (Å²) in [7, 11) is 0. The van der Waals surface area contributed by atoms with Gasteiger partial charge in [0.1, 0.15) is 11.6 Å². The number of halogens is 1. The van der Waals surface area contributed by atoms with Gasteiger partial charge in [0, 0.05) is 17.4 Å². The second-order valence-electron chi connectivity index (χ2n) is 9.34. The number of rotatable bonds is 6. The van der Waals surface area contributed by atoms with Crippen LogP contribution in [0, 0.1) is 17.7 Å². The average molecular weight is 429 g/mol. The summed E-state index contributed by atoms with van der Waals surface area (Å²) in [5.41, 5.74) is 3.65. The van der Waals surface area contributed by atoms with Gasteiger partial charge in [0.15, 0.2) is 0 Å². The van der Waals surface area contributed by atoms with Crippen LogP contribution in [0.3, 0.4) is 0 Å². The van der Waals surface area contributed by atoms with Crippen LogP contribution in [0.4, 0.5) is 4.39 Å². The molecule has 0 saturated heterocycles. The van der Waals surface area contributed by atoms with Crippen LogP contribution in [-0.4, -0.2) is 5.78 Å². The SMILES string of the molecule is C[C@@H](C(=O)C1CCCC(Cc2ccccc2)CCC1)c1ccc(-c2ccccc2)c(F)c1. The third-order valence-corrected chi connectivity index (χ3v) is 7.10. The Balaban J connectivity index is 1.36. The molecule has 0 bridgehead atoms. The largest absolute Gasteiger partial charge is 0.299 e. The number of ketones is 1. The maximum absolute atomic E-state index is 14.8. The zero-order valence-corrected chi connectivity index (χ0v) is 19.0. The topological polar surface area (TPSA) is 17.1 Å². The highest BCUT2D eigenvalue weighted by molar-refractivity contribution is 5.87. The molecule has 1 saturated carbocycles. The van der Waals surface area contributed by atoms with Crippen molar-refractivity contribution >= 4 is 5.78 Å². The second-order valence-corrected chi connectivity index (χ2v) is 9.34. The molecule has 0 unspecified atom stereocenters. The molecule has 3 aromatic carbocycles. The van der Waals surface area contributed by atoms with Gasteiger partial charge >= 0.3 is 0 Å². The number of carbonyl (C=O) groups excluding carboxylic acids is 1. The standard InChI is InChI=1S/C30H33FO/c1-22(27-18-19-28(29(31)21-27)25-14-6-3-7-15-25)30(32)26-16-8-12-24(13-9-17-26)20-23-10-4-2-5-11-23/h2-7,10-11,14-15,18-19,21-22,24,26H,8-9,12-13,16-17,20H2,1H3/t22-,24?,26?/m1/s1. The lowest BCUT2D eigenvalue weighted by Gasteiger charge is -2.26. The minimum absolute atomic E-state index is 0.0968. The first-order valence-corrected chi connectivity index (χ1v) is 12.0. The Morgan fingerprint density at radius 3 is 2.12 bits per heavy atom. The van der Waals surface area contributed by atoms with Crippen molar-refractivity contribution in [3.8, 4) is 11.1 Å². The summed E-state index contributed by atoms with van der Waals surface area (Å²) in [5, 5.41) is 0. The molecule has 166 valence electrons. The summed E-state index contributed by atoms with van der Waals surface area (Å²) in [5.74, 6) is 0.567. The number of hydrogen-bond donors (Lipinski definition) is 0. The summed E-state index contributed by atoms with van der Waals surface area (Å²) < 4.78 is 14.8. The van der Waals surface area contributed by atoms with Crippen LogP contribution in [0.1, 0.15) is 62.5 Å². The number of benzene rings is 3. The molecule has 0 heterocycles. The van der Waals surface area contributed by atoms with E-state index in [9.17, 15) is 9.18 Å². The van der Waals surface area contributed by atoms with Gasteiger partial charge < -0.3 is 0 Å². The van der Waals surface area contributed by atoms with Crippen molar-refractivity contribution in [2.45, 2.75) is 57.8 Å². The molecule has 1 atom stereocenters. The van der Waals surface area contributed by atoms with Crippen molar-refractivity contribution in [3.05, 3.63) is 95.8 Å². The summed E-state index contributed by atoms with van der Waals surface area (Å²) >= 11 is 0. The summed E-state index contributed by atoms with van der Waals surface area (Å²) in [6.45, 7) is 1.94. The Labute approximate surface area is 191 Å². The minimum Gasteiger partial charge on any atom is -0.299 e. The van der Waals surface area contributed by atoms with Crippen molar-refractivity contribution in [1.82, 2.24) is 0 Å². The van der Waals surface area contributed by atoms with E-state index in [1.165, 1.54) is 18.4 Å². The minimum atomic E-state index is -0.265. The van der Waals surface area contributed by atoms with E-state index in [-0.39, 0.29) is 23.4 Å². The molecular weight excluding hydrogens is 395 g/mol. The van der Waals surface area contributed by atoms with Crippen molar-refractivity contribution in [1.29, 1.82) is 0 Å². The molecule has 0 amide bonds. The van der Waals surface area contributed by atoms with E-state index in [0.29, 0.717) is 11.5 Å². The maximum atomic E-state index is 14.8. The predicted molar refractivity (Wildman–Crippen MR) is 130 cm³/mol. The molecule has 0 radical (unpaired) electrons. The normalized spacial score (nSPS) is 20.2. The summed E-state index contributed by atoms with van der Waals surface area (Å²) in [6.07, 6.45) is 7.63. The molecule has 0 aliphatic heterocycles. The Morgan fingerprint density at radius 2 is 1.50 bits per heavy atom. The maximum Gasteiger partial charge on any atom is 0.143 e. The highest BCUT2D eigenvalue weighted by atomic mass is 19.1. The lowest BCUT2D eigenvalue weighted by atomic mass is 9.78. The smallest absolute Gasteiger partial charge is 0.143 e. The Morgan fingerprint density at radius 1 is 0.875 bits per heavy atom.